The molecule has 0 radical (unpaired) electrons. The molecule has 2 aliphatic heterocycles. The van der Waals surface area contributed by atoms with Crippen LogP contribution in [0.2, 0.25) is 0 Å². The summed E-state index contributed by atoms with van der Waals surface area (Å²) in [6, 6.07) is -0.431. The molecule has 2 aliphatic rings. The lowest BCUT2D eigenvalue weighted by Crippen LogP contribution is -2.51. The monoisotopic (exact) mass is 284 g/mol. The lowest BCUT2D eigenvalue weighted by atomic mass is 10.0. The SMILES string of the molecule is CCN1CC(C(=O)N2CCOCC2CC(=O)O)CC1=O. The first-order chi connectivity index (χ1) is 9.52. The summed E-state index contributed by atoms with van der Waals surface area (Å²) in [5, 5.41) is 8.90. The fourth-order valence-electron chi connectivity index (χ4n) is 2.79. The first-order valence-corrected chi connectivity index (χ1v) is 6.90. The van der Waals surface area contributed by atoms with Crippen molar-refractivity contribution in [3.05, 3.63) is 0 Å². The van der Waals surface area contributed by atoms with Gasteiger partial charge < -0.3 is 19.6 Å². The number of carbonyl (C=O) groups is 3. The Kier molecular flexibility index (Phi) is 4.59. The number of hydrogen-bond acceptors (Lipinski definition) is 4. The molecule has 2 heterocycles. The van der Waals surface area contributed by atoms with E-state index >= 15 is 0 Å². The van der Waals surface area contributed by atoms with Crippen LogP contribution in [0, 0.1) is 5.92 Å². The van der Waals surface area contributed by atoms with E-state index in [1.54, 1.807) is 9.80 Å². The van der Waals surface area contributed by atoms with E-state index in [4.69, 9.17) is 9.84 Å². The minimum absolute atomic E-state index is 0.00565. The molecule has 0 aromatic heterocycles. The summed E-state index contributed by atoms with van der Waals surface area (Å²) < 4.78 is 5.25. The zero-order chi connectivity index (χ0) is 14.7. The maximum atomic E-state index is 12.5. The largest absolute Gasteiger partial charge is 0.481 e. The number of morpholine rings is 1. The van der Waals surface area contributed by atoms with E-state index in [0.29, 0.717) is 26.2 Å². The van der Waals surface area contributed by atoms with Crippen molar-refractivity contribution in [1.82, 2.24) is 9.80 Å². The summed E-state index contributed by atoms with van der Waals surface area (Å²) in [4.78, 5) is 38.3. The van der Waals surface area contributed by atoms with Crippen molar-refractivity contribution in [2.75, 3.05) is 32.8 Å². The Morgan fingerprint density at radius 2 is 2.20 bits per heavy atom. The molecule has 0 aromatic rings. The van der Waals surface area contributed by atoms with Crippen LogP contribution >= 0.6 is 0 Å². The highest BCUT2D eigenvalue weighted by molar-refractivity contribution is 5.89. The van der Waals surface area contributed by atoms with Crippen LogP contribution in [0.4, 0.5) is 0 Å². The van der Waals surface area contributed by atoms with Crippen molar-refractivity contribution in [3.63, 3.8) is 0 Å². The summed E-state index contributed by atoms with van der Waals surface area (Å²) in [5.74, 6) is -1.43. The highest BCUT2D eigenvalue weighted by Crippen LogP contribution is 2.22. The molecular weight excluding hydrogens is 264 g/mol. The van der Waals surface area contributed by atoms with Gasteiger partial charge in [-0.15, -0.1) is 0 Å². The number of hydrogen-bond donors (Lipinski definition) is 1. The van der Waals surface area contributed by atoms with Crippen LogP contribution < -0.4 is 0 Å². The van der Waals surface area contributed by atoms with Gasteiger partial charge in [0, 0.05) is 26.1 Å². The van der Waals surface area contributed by atoms with Crippen LogP contribution in [-0.4, -0.2) is 71.6 Å². The van der Waals surface area contributed by atoms with Crippen molar-refractivity contribution in [1.29, 1.82) is 0 Å². The molecule has 2 amide bonds. The molecule has 2 fully saturated rings. The second-order valence-electron chi connectivity index (χ2n) is 5.19. The Bertz CT molecular complexity index is 412. The fourth-order valence-corrected chi connectivity index (χ4v) is 2.79. The Labute approximate surface area is 117 Å². The van der Waals surface area contributed by atoms with Crippen LogP contribution in [0.15, 0.2) is 0 Å². The quantitative estimate of drug-likeness (QED) is 0.756. The van der Waals surface area contributed by atoms with Gasteiger partial charge in [-0.2, -0.15) is 0 Å². The van der Waals surface area contributed by atoms with Gasteiger partial charge in [-0.05, 0) is 6.92 Å². The third-order valence-electron chi connectivity index (χ3n) is 3.87. The lowest BCUT2D eigenvalue weighted by Gasteiger charge is -2.36. The Morgan fingerprint density at radius 1 is 1.45 bits per heavy atom. The van der Waals surface area contributed by atoms with Crippen LogP contribution in [0.25, 0.3) is 0 Å². The zero-order valence-corrected chi connectivity index (χ0v) is 11.6. The molecule has 0 aromatic carbocycles. The van der Waals surface area contributed by atoms with Crippen LogP contribution in [-0.2, 0) is 19.1 Å². The molecule has 7 heteroatoms. The van der Waals surface area contributed by atoms with Crippen molar-refractivity contribution in [2.45, 2.75) is 25.8 Å². The normalized spacial score (nSPS) is 26.9. The summed E-state index contributed by atoms with van der Waals surface area (Å²) >= 11 is 0. The molecular formula is C13H20N2O5. The highest BCUT2D eigenvalue weighted by Gasteiger charge is 2.39. The maximum absolute atomic E-state index is 12.5. The Balaban J connectivity index is 2.03. The molecule has 2 saturated heterocycles. The molecule has 1 N–H and O–H groups in total. The van der Waals surface area contributed by atoms with E-state index in [1.807, 2.05) is 6.92 Å². The molecule has 20 heavy (non-hydrogen) atoms. The molecule has 0 aliphatic carbocycles. The topological polar surface area (TPSA) is 87.2 Å². The van der Waals surface area contributed by atoms with Crippen LogP contribution in [0.3, 0.4) is 0 Å². The van der Waals surface area contributed by atoms with Gasteiger partial charge in [0.2, 0.25) is 11.8 Å². The molecule has 112 valence electrons. The van der Waals surface area contributed by atoms with Crippen molar-refractivity contribution >= 4 is 17.8 Å². The zero-order valence-electron chi connectivity index (χ0n) is 11.6. The van der Waals surface area contributed by atoms with E-state index in [-0.39, 0.29) is 37.2 Å². The van der Waals surface area contributed by atoms with Gasteiger partial charge in [0.15, 0.2) is 0 Å². The average molecular weight is 284 g/mol. The predicted molar refractivity (Wildman–Crippen MR) is 68.9 cm³/mol. The Hall–Kier alpha value is -1.63. The first-order valence-electron chi connectivity index (χ1n) is 6.90. The highest BCUT2D eigenvalue weighted by atomic mass is 16.5. The minimum Gasteiger partial charge on any atom is -0.481 e. The number of amides is 2. The number of rotatable bonds is 4. The standard InChI is InChI=1S/C13H20N2O5/c1-2-14-7-9(5-11(14)16)13(19)15-3-4-20-8-10(15)6-12(17)18/h9-10H,2-8H2,1H3,(H,17,18). The average Bonchev–Trinajstić information content (AvgIpc) is 2.79. The fraction of sp³-hybridized carbons (Fsp3) is 0.769. The number of nitrogens with zero attached hydrogens (tertiary/aromatic N) is 2. The summed E-state index contributed by atoms with van der Waals surface area (Å²) in [6.07, 6.45) is 0.105. The summed E-state index contributed by atoms with van der Waals surface area (Å²) in [5.41, 5.74) is 0. The third kappa shape index (κ3) is 3.09. The predicted octanol–water partition coefficient (Wildman–Crippen LogP) is -0.443. The van der Waals surface area contributed by atoms with E-state index in [1.165, 1.54) is 0 Å². The number of likely N-dealkylation sites (tertiary alicyclic amines) is 1. The van der Waals surface area contributed by atoms with Crippen molar-refractivity contribution in [2.24, 2.45) is 5.92 Å². The Morgan fingerprint density at radius 3 is 2.80 bits per heavy atom. The van der Waals surface area contributed by atoms with E-state index in [0.717, 1.165) is 0 Å². The van der Waals surface area contributed by atoms with Gasteiger partial charge in [-0.25, -0.2) is 0 Å². The summed E-state index contributed by atoms with van der Waals surface area (Å²) in [6.45, 7) is 3.98. The third-order valence-corrected chi connectivity index (χ3v) is 3.87. The smallest absolute Gasteiger partial charge is 0.305 e. The van der Waals surface area contributed by atoms with Gasteiger partial charge in [0.1, 0.15) is 0 Å². The van der Waals surface area contributed by atoms with Crippen molar-refractivity contribution in [3.8, 4) is 0 Å². The summed E-state index contributed by atoms with van der Waals surface area (Å²) in [7, 11) is 0. The van der Waals surface area contributed by atoms with Gasteiger partial charge in [0.05, 0.1) is 31.6 Å². The molecule has 2 unspecified atom stereocenters. The van der Waals surface area contributed by atoms with Gasteiger partial charge in [0.25, 0.3) is 0 Å². The van der Waals surface area contributed by atoms with Gasteiger partial charge in [-0.1, -0.05) is 0 Å². The minimum atomic E-state index is -0.948. The van der Waals surface area contributed by atoms with Crippen LogP contribution in [0.1, 0.15) is 19.8 Å². The van der Waals surface area contributed by atoms with E-state index in [9.17, 15) is 14.4 Å². The molecule has 0 saturated carbocycles. The van der Waals surface area contributed by atoms with Crippen LogP contribution in [0.5, 0.6) is 0 Å². The maximum Gasteiger partial charge on any atom is 0.305 e. The number of carboxylic acid groups (broad SMARTS) is 1. The van der Waals surface area contributed by atoms with E-state index in [2.05, 4.69) is 0 Å². The molecule has 7 nitrogen and oxygen atoms in total. The number of carboxylic acids is 1. The van der Waals surface area contributed by atoms with Crippen molar-refractivity contribution < 1.29 is 24.2 Å². The van der Waals surface area contributed by atoms with Gasteiger partial charge in [-0.3, -0.25) is 14.4 Å². The lowest BCUT2D eigenvalue weighted by molar-refractivity contribution is -0.149. The molecule has 0 spiro atoms. The number of aliphatic carboxylic acids is 1. The van der Waals surface area contributed by atoms with E-state index < -0.39 is 12.0 Å². The number of ether oxygens (including phenoxy) is 1. The van der Waals surface area contributed by atoms with Gasteiger partial charge >= 0.3 is 5.97 Å². The first kappa shape index (κ1) is 14.8. The molecule has 2 rings (SSSR count). The second kappa shape index (κ2) is 6.21. The second-order valence-corrected chi connectivity index (χ2v) is 5.19. The number of carbonyl (C=O) groups excluding carboxylic acids is 2. The molecule has 2 atom stereocenters. The molecule has 0 bridgehead atoms.